The van der Waals surface area contributed by atoms with Gasteiger partial charge in [0, 0.05) is 30.0 Å². The predicted molar refractivity (Wildman–Crippen MR) is 104 cm³/mol. The summed E-state index contributed by atoms with van der Waals surface area (Å²) in [4.78, 5) is 32.0. The number of pyridine rings is 1. The number of nitrogens with one attached hydrogen (secondary N) is 1. The minimum absolute atomic E-state index is 0.125. The molecule has 0 radical (unpaired) electrons. The van der Waals surface area contributed by atoms with Crippen molar-refractivity contribution in [3.8, 4) is 0 Å². The maximum atomic E-state index is 13.0. The van der Waals surface area contributed by atoms with Crippen LogP contribution in [0.15, 0.2) is 48.7 Å². The van der Waals surface area contributed by atoms with Crippen molar-refractivity contribution in [2.75, 3.05) is 18.4 Å². The second kappa shape index (κ2) is 7.40. The van der Waals surface area contributed by atoms with E-state index in [0.717, 1.165) is 32.4 Å². The standard InChI is InChI=1S/C20H19ClN4O2/c21-14-7-6-8-15(13-14)22-19(26)18-23-17(16-9-2-5-12-25(16)18)20(27)24-10-3-1-4-11-24/h2,5-9,12-13H,1,3-4,10-11H2,(H,22,26). The quantitative estimate of drug-likeness (QED) is 0.747. The number of carbonyl (C=O) groups is 2. The summed E-state index contributed by atoms with van der Waals surface area (Å²) in [7, 11) is 0. The van der Waals surface area contributed by atoms with E-state index in [1.165, 1.54) is 0 Å². The fourth-order valence-corrected chi connectivity index (χ4v) is 3.55. The first-order valence-corrected chi connectivity index (χ1v) is 9.34. The molecule has 138 valence electrons. The van der Waals surface area contributed by atoms with E-state index in [1.807, 2.05) is 11.0 Å². The third-order valence-electron chi connectivity index (χ3n) is 4.68. The zero-order valence-electron chi connectivity index (χ0n) is 14.7. The van der Waals surface area contributed by atoms with Gasteiger partial charge in [0.1, 0.15) is 0 Å². The van der Waals surface area contributed by atoms with E-state index >= 15 is 0 Å². The van der Waals surface area contributed by atoms with Gasteiger partial charge in [0.2, 0.25) is 5.82 Å². The molecule has 7 heteroatoms. The number of hydrogen-bond donors (Lipinski definition) is 1. The summed E-state index contributed by atoms with van der Waals surface area (Å²) in [6.07, 6.45) is 4.88. The number of fused-ring (bicyclic) bond motifs is 1. The Morgan fingerprint density at radius 2 is 1.85 bits per heavy atom. The van der Waals surface area contributed by atoms with Crippen LogP contribution in [0.4, 0.5) is 5.69 Å². The molecule has 3 aromatic rings. The first-order chi connectivity index (χ1) is 13.1. The van der Waals surface area contributed by atoms with Crippen LogP contribution in [0, 0.1) is 0 Å². The smallest absolute Gasteiger partial charge is 0.292 e. The zero-order chi connectivity index (χ0) is 18.8. The van der Waals surface area contributed by atoms with Crippen LogP contribution in [-0.4, -0.2) is 39.2 Å². The molecule has 2 aromatic heterocycles. The van der Waals surface area contributed by atoms with Crippen LogP contribution in [0.25, 0.3) is 5.52 Å². The molecule has 1 fully saturated rings. The van der Waals surface area contributed by atoms with E-state index in [9.17, 15) is 9.59 Å². The van der Waals surface area contributed by atoms with Crippen molar-refractivity contribution in [1.82, 2.24) is 14.3 Å². The number of anilines is 1. The topological polar surface area (TPSA) is 66.7 Å². The number of hydrogen-bond acceptors (Lipinski definition) is 3. The van der Waals surface area contributed by atoms with E-state index in [0.29, 0.717) is 21.9 Å². The Bertz CT molecular complexity index is 1010. The average molecular weight is 383 g/mol. The molecular weight excluding hydrogens is 364 g/mol. The lowest BCUT2D eigenvalue weighted by atomic mass is 10.1. The van der Waals surface area contributed by atoms with Crippen molar-refractivity contribution in [3.05, 3.63) is 65.2 Å². The minimum atomic E-state index is -0.392. The Morgan fingerprint density at radius 1 is 1.04 bits per heavy atom. The molecule has 2 amide bonds. The highest BCUT2D eigenvalue weighted by Gasteiger charge is 2.26. The number of amides is 2. The predicted octanol–water partition coefficient (Wildman–Crippen LogP) is 3.87. The first-order valence-electron chi connectivity index (χ1n) is 8.97. The molecule has 1 aliphatic rings. The molecule has 27 heavy (non-hydrogen) atoms. The molecule has 0 unspecified atom stereocenters. The molecule has 1 aliphatic heterocycles. The van der Waals surface area contributed by atoms with Gasteiger partial charge >= 0.3 is 0 Å². The third-order valence-corrected chi connectivity index (χ3v) is 4.91. The number of carbonyl (C=O) groups excluding carboxylic acids is 2. The second-order valence-electron chi connectivity index (χ2n) is 6.56. The van der Waals surface area contributed by atoms with Gasteiger partial charge in [0.25, 0.3) is 11.8 Å². The van der Waals surface area contributed by atoms with Gasteiger partial charge in [-0.2, -0.15) is 0 Å². The van der Waals surface area contributed by atoms with Crippen molar-refractivity contribution in [2.24, 2.45) is 0 Å². The minimum Gasteiger partial charge on any atom is -0.337 e. The van der Waals surface area contributed by atoms with E-state index < -0.39 is 5.91 Å². The molecule has 1 N–H and O–H groups in total. The number of benzene rings is 1. The Hall–Kier alpha value is -2.86. The lowest BCUT2D eigenvalue weighted by Gasteiger charge is -2.25. The summed E-state index contributed by atoms with van der Waals surface area (Å²) < 4.78 is 1.65. The Morgan fingerprint density at radius 3 is 2.63 bits per heavy atom. The van der Waals surface area contributed by atoms with Gasteiger partial charge in [-0.05, 0) is 49.6 Å². The Labute approximate surface area is 161 Å². The van der Waals surface area contributed by atoms with Crippen LogP contribution in [0.3, 0.4) is 0 Å². The van der Waals surface area contributed by atoms with Crippen molar-refractivity contribution in [3.63, 3.8) is 0 Å². The highest BCUT2D eigenvalue weighted by molar-refractivity contribution is 6.31. The van der Waals surface area contributed by atoms with Crippen LogP contribution in [-0.2, 0) is 0 Å². The van der Waals surface area contributed by atoms with E-state index in [2.05, 4.69) is 10.3 Å². The summed E-state index contributed by atoms with van der Waals surface area (Å²) in [5, 5.41) is 3.32. The van der Waals surface area contributed by atoms with E-state index in [4.69, 9.17) is 11.6 Å². The first kappa shape index (κ1) is 17.5. The molecule has 1 aromatic carbocycles. The Kier molecular flexibility index (Phi) is 4.81. The van der Waals surface area contributed by atoms with E-state index in [1.54, 1.807) is 47.0 Å². The lowest BCUT2D eigenvalue weighted by molar-refractivity contribution is 0.0721. The summed E-state index contributed by atoms with van der Waals surface area (Å²) in [6.45, 7) is 1.46. The third kappa shape index (κ3) is 3.53. The molecule has 0 spiro atoms. The summed E-state index contributed by atoms with van der Waals surface area (Å²) in [6, 6.07) is 12.3. The van der Waals surface area contributed by atoms with Gasteiger partial charge in [-0.1, -0.05) is 23.7 Å². The van der Waals surface area contributed by atoms with Gasteiger partial charge in [-0.25, -0.2) is 4.98 Å². The van der Waals surface area contributed by atoms with Gasteiger partial charge < -0.3 is 10.2 Å². The van der Waals surface area contributed by atoms with Gasteiger partial charge in [-0.3, -0.25) is 14.0 Å². The Balaban J connectivity index is 1.69. The zero-order valence-corrected chi connectivity index (χ0v) is 15.4. The molecule has 3 heterocycles. The largest absolute Gasteiger partial charge is 0.337 e. The lowest BCUT2D eigenvalue weighted by Crippen LogP contribution is -2.36. The maximum Gasteiger partial charge on any atom is 0.292 e. The molecule has 0 saturated carbocycles. The number of halogens is 1. The maximum absolute atomic E-state index is 13.0. The molecule has 4 rings (SSSR count). The highest BCUT2D eigenvalue weighted by atomic mass is 35.5. The number of nitrogens with zero attached hydrogens (tertiary/aromatic N) is 3. The molecule has 6 nitrogen and oxygen atoms in total. The fraction of sp³-hybridized carbons (Fsp3) is 0.250. The average Bonchev–Trinajstić information content (AvgIpc) is 3.08. The van der Waals surface area contributed by atoms with Crippen LogP contribution in [0.5, 0.6) is 0 Å². The molecular formula is C20H19ClN4O2. The monoisotopic (exact) mass is 382 g/mol. The van der Waals surface area contributed by atoms with Crippen LogP contribution in [0.1, 0.15) is 40.4 Å². The van der Waals surface area contributed by atoms with Crippen LogP contribution >= 0.6 is 11.6 Å². The molecule has 0 aliphatic carbocycles. The van der Waals surface area contributed by atoms with Gasteiger partial charge in [0.15, 0.2) is 5.69 Å². The summed E-state index contributed by atoms with van der Waals surface area (Å²) >= 11 is 5.98. The molecule has 0 atom stereocenters. The number of likely N-dealkylation sites (tertiary alicyclic amines) is 1. The molecule has 0 bridgehead atoms. The normalized spacial score (nSPS) is 14.3. The van der Waals surface area contributed by atoms with Crippen LogP contribution < -0.4 is 5.32 Å². The number of aromatic nitrogens is 2. The van der Waals surface area contributed by atoms with Crippen molar-refractivity contribution >= 4 is 34.6 Å². The van der Waals surface area contributed by atoms with Crippen molar-refractivity contribution in [1.29, 1.82) is 0 Å². The summed E-state index contributed by atoms with van der Waals surface area (Å²) in [5.74, 6) is -0.345. The highest BCUT2D eigenvalue weighted by Crippen LogP contribution is 2.20. The second-order valence-corrected chi connectivity index (χ2v) is 6.99. The molecule has 1 saturated heterocycles. The van der Waals surface area contributed by atoms with Crippen LogP contribution in [0.2, 0.25) is 5.02 Å². The van der Waals surface area contributed by atoms with Gasteiger partial charge in [0.05, 0.1) is 5.52 Å². The van der Waals surface area contributed by atoms with Gasteiger partial charge in [-0.15, -0.1) is 0 Å². The number of piperidine rings is 1. The van der Waals surface area contributed by atoms with Crippen molar-refractivity contribution < 1.29 is 9.59 Å². The van der Waals surface area contributed by atoms with E-state index in [-0.39, 0.29) is 11.7 Å². The number of rotatable bonds is 3. The fourth-order valence-electron chi connectivity index (χ4n) is 3.36. The number of imidazole rings is 1. The van der Waals surface area contributed by atoms with Crippen molar-refractivity contribution in [2.45, 2.75) is 19.3 Å². The SMILES string of the molecule is O=C(Nc1cccc(Cl)c1)c1nc(C(=O)N2CCCCC2)c2ccccn12. The summed E-state index contributed by atoms with van der Waals surface area (Å²) in [5.41, 5.74) is 1.52.